The quantitative estimate of drug-likeness (QED) is 0.884. The summed E-state index contributed by atoms with van der Waals surface area (Å²) in [6, 6.07) is 7.59. The van der Waals surface area contributed by atoms with Crippen LogP contribution < -0.4 is 15.0 Å². The average Bonchev–Trinajstić information content (AvgIpc) is 2.46. The molecule has 112 valence electrons. The second-order valence-corrected chi connectivity index (χ2v) is 4.96. The van der Waals surface area contributed by atoms with Gasteiger partial charge in [-0.3, -0.25) is 0 Å². The second kappa shape index (κ2) is 7.08. The number of halogens is 1. The zero-order chi connectivity index (χ0) is 15.2. The molecule has 21 heavy (non-hydrogen) atoms. The summed E-state index contributed by atoms with van der Waals surface area (Å²) in [5.41, 5.74) is 0.853. The van der Waals surface area contributed by atoms with Crippen molar-refractivity contribution in [1.29, 1.82) is 0 Å². The predicted octanol–water partition coefficient (Wildman–Crippen LogP) is 3.12. The Labute approximate surface area is 129 Å². The van der Waals surface area contributed by atoms with Crippen molar-refractivity contribution >= 4 is 29.2 Å². The van der Waals surface area contributed by atoms with Gasteiger partial charge in [0.25, 0.3) is 0 Å². The standard InChI is InChI=1S/C14H18ClN5O/c1-4-9-21-11-7-5-10(6-8-11)16-13-17-12(15)18-14(19-13)20(2)3/h5-8H,4,9H2,1-3H3,(H,16,17,18,19). The van der Waals surface area contributed by atoms with Crippen LogP contribution in [-0.2, 0) is 0 Å². The molecular weight excluding hydrogens is 290 g/mol. The maximum Gasteiger partial charge on any atom is 0.233 e. The van der Waals surface area contributed by atoms with Crippen LogP contribution in [-0.4, -0.2) is 35.7 Å². The maximum absolute atomic E-state index is 5.89. The fourth-order valence-electron chi connectivity index (χ4n) is 1.58. The molecule has 2 rings (SSSR count). The van der Waals surface area contributed by atoms with Crippen molar-refractivity contribution in [3.63, 3.8) is 0 Å². The Morgan fingerprint density at radius 2 is 1.86 bits per heavy atom. The summed E-state index contributed by atoms with van der Waals surface area (Å²) in [6.45, 7) is 2.78. The van der Waals surface area contributed by atoms with E-state index in [2.05, 4.69) is 27.2 Å². The monoisotopic (exact) mass is 307 g/mol. The lowest BCUT2D eigenvalue weighted by molar-refractivity contribution is 0.317. The Kier molecular flexibility index (Phi) is 5.16. The lowest BCUT2D eigenvalue weighted by atomic mass is 10.3. The van der Waals surface area contributed by atoms with Crippen LogP contribution >= 0.6 is 11.6 Å². The van der Waals surface area contributed by atoms with Crippen LogP contribution in [0.2, 0.25) is 5.28 Å². The number of rotatable bonds is 6. The molecule has 0 radical (unpaired) electrons. The van der Waals surface area contributed by atoms with Gasteiger partial charge in [0, 0.05) is 19.8 Å². The van der Waals surface area contributed by atoms with Crippen LogP contribution in [0, 0.1) is 0 Å². The van der Waals surface area contributed by atoms with Crippen molar-refractivity contribution in [2.24, 2.45) is 0 Å². The zero-order valence-electron chi connectivity index (χ0n) is 12.3. The smallest absolute Gasteiger partial charge is 0.233 e. The Morgan fingerprint density at radius 3 is 2.48 bits per heavy atom. The van der Waals surface area contributed by atoms with E-state index >= 15 is 0 Å². The van der Waals surface area contributed by atoms with E-state index in [1.807, 2.05) is 38.4 Å². The number of aromatic nitrogens is 3. The number of benzene rings is 1. The van der Waals surface area contributed by atoms with Crippen molar-refractivity contribution in [2.75, 3.05) is 30.9 Å². The first-order valence-electron chi connectivity index (χ1n) is 6.67. The van der Waals surface area contributed by atoms with Gasteiger partial charge in [-0.2, -0.15) is 15.0 Å². The SMILES string of the molecule is CCCOc1ccc(Nc2nc(Cl)nc(N(C)C)n2)cc1. The highest BCUT2D eigenvalue weighted by molar-refractivity contribution is 6.28. The lowest BCUT2D eigenvalue weighted by Gasteiger charge is -2.12. The van der Waals surface area contributed by atoms with Gasteiger partial charge in [-0.15, -0.1) is 0 Å². The van der Waals surface area contributed by atoms with E-state index in [0.717, 1.165) is 17.9 Å². The number of anilines is 3. The van der Waals surface area contributed by atoms with E-state index < -0.39 is 0 Å². The molecule has 0 aliphatic heterocycles. The predicted molar refractivity (Wildman–Crippen MR) is 84.7 cm³/mol. The van der Waals surface area contributed by atoms with Gasteiger partial charge >= 0.3 is 0 Å². The minimum Gasteiger partial charge on any atom is -0.494 e. The van der Waals surface area contributed by atoms with E-state index in [4.69, 9.17) is 16.3 Å². The highest BCUT2D eigenvalue weighted by Gasteiger charge is 2.07. The van der Waals surface area contributed by atoms with Gasteiger partial charge < -0.3 is 15.0 Å². The Bertz CT molecular complexity index is 588. The molecule has 1 heterocycles. The summed E-state index contributed by atoms with van der Waals surface area (Å²) in [5, 5.41) is 3.25. The van der Waals surface area contributed by atoms with E-state index in [-0.39, 0.29) is 5.28 Å². The highest BCUT2D eigenvalue weighted by Crippen LogP contribution is 2.20. The van der Waals surface area contributed by atoms with Gasteiger partial charge in [0.05, 0.1) is 6.61 Å². The molecule has 0 aliphatic carbocycles. The lowest BCUT2D eigenvalue weighted by Crippen LogP contribution is -2.14. The largest absolute Gasteiger partial charge is 0.494 e. The zero-order valence-corrected chi connectivity index (χ0v) is 13.1. The van der Waals surface area contributed by atoms with Gasteiger partial charge in [-0.05, 0) is 42.3 Å². The van der Waals surface area contributed by atoms with Crippen LogP contribution in [0.3, 0.4) is 0 Å². The van der Waals surface area contributed by atoms with Gasteiger partial charge in [0.1, 0.15) is 5.75 Å². The third kappa shape index (κ3) is 4.46. The Hall–Kier alpha value is -2.08. The highest BCUT2D eigenvalue weighted by atomic mass is 35.5. The average molecular weight is 308 g/mol. The molecule has 6 nitrogen and oxygen atoms in total. The molecule has 0 fully saturated rings. The van der Waals surface area contributed by atoms with Crippen molar-refractivity contribution < 1.29 is 4.74 Å². The van der Waals surface area contributed by atoms with Crippen molar-refractivity contribution in [3.8, 4) is 5.75 Å². The number of ether oxygens (including phenoxy) is 1. The summed E-state index contributed by atoms with van der Waals surface area (Å²) in [7, 11) is 3.69. The number of hydrogen-bond donors (Lipinski definition) is 1. The summed E-state index contributed by atoms with van der Waals surface area (Å²) in [4.78, 5) is 14.1. The molecule has 1 aromatic carbocycles. The number of nitrogens with zero attached hydrogens (tertiary/aromatic N) is 4. The first-order chi connectivity index (χ1) is 10.1. The minimum atomic E-state index is 0.152. The molecule has 1 N–H and O–H groups in total. The first-order valence-corrected chi connectivity index (χ1v) is 7.05. The minimum absolute atomic E-state index is 0.152. The van der Waals surface area contributed by atoms with Gasteiger partial charge in [0.15, 0.2) is 0 Å². The van der Waals surface area contributed by atoms with E-state index in [0.29, 0.717) is 18.5 Å². The molecule has 2 aromatic rings. The molecule has 0 saturated carbocycles. The molecule has 0 spiro atoms. The van der Waals surface area contributed by atoms with Gasteiger partial charge in [0.2, 0.25) is 17.2 Å². The molecule has 0 saturated heterocycles. The van der Waals surface area contributed by atoms with Crippen molar-refractivity contribution in [1.82, 2.24) is 15.0 Å². The summed E-state index contributed by atoms with van der Waals surface area (Å²) < 4.78 is 5.53. The molecule has 0 amide bonds. The van der Waals surface area contributed by atoms with Crippen LogP contribution in [0.15, 0.2) is 24.3 Å². The molecule has 7 heteroatoms. The number of hydrogen-bond acceptors (Lipinski definition) is 6. The summed E-state index contributed by atoms with van der Waals surface area (Å²) >= 11 is 5.89. The Balaban J connectivity index is 2.10. The van der Waals surface area contributed by atoms with Crippen molar-refractivity contribution in [2.45, 2.75) is 13.3 Å². The maximum atomic E-state index is 5.89. The van der Waals surface area contributed by atoms with Crippen molar-refractivity contribution in [3.05, 3.63) is 29.5 Å². The van der Waals surface area contributed by atoms with E-state index in [9.17, 15) is 0 Å². The third-order valence-electron chi connectivity index (χ3n) is 2.58. The van der Waals surface area contributed by atoms with Gasteiger partial charge in [-0.1, -0.05) is 6.92 Å². The molecule has 1 aromatic heterocycles. The van der Waals surface area contributed by atoms with Crippen LogP contribution in [0.4, 0.5) is 17.6 Å². The third-order valence-corrected chi connectivity index (χ3v) is 2.75. The van der Waals surface area contributed by atoms with Gasteiger partial charge in [-0.25, -0.2) is 0 Å². The van der Waals surface area contributed by atoms with E-state index in [1.165, 1.54) is 0 Å². The first kappa shape index (κ1) is 15.3. The van der Waals surface area contributed by atoms with Crippen LogP contribution in [0.1, 0.15) is 13.3 Å². The molecule has 0 atom stereocenters. The Morgan fingerprint density at radius 1 is 1.14 bits per heavy atom. The van der Waals surface area contributed by atoms with Crippen LogP contribution in [0.25, 0.3) is 0 Å². The fraction of sp³-hybridized carbons (Fsp3) is 0.357. The molecule has 0 bridgehead atoms. The topological polar surface area (TPSA) is 63.2 Å². The summed E-state index contributed by atoms with van der Waals surface area (Å²) in [5.74, 6) is 1.74. The fourth-order valence-corrected chi connectivity index (χ4v) is 1.73. The molecule has 0 unspecified atom stereocenters. The normalized spacial score (nSPS) is 10.3. The molecular formula is C14H18ClN5O. The number of nitrogens with one attached hydrogen (secondary N) is 1. The summed E-state index contributed by atoms with van der Waals surface area (Å²) in [6.07, 6.45) is 0.983. The molecule has 0 aliphatic rings. The van der Waals surface area contributed by atoms with E-state index in [1.54, 1.807) is 4.90 Å². The second-order valence-electron chi connectivity index (χ2n) is 4.62. The van der Waals surface area contributed by atoms with Crippen LogP contribution in [0.5, 0.6) is 5.75 Å².